The average molecular weight is 412 g/mol. The normalized spacial score (nSPS) is 17.3. The number of nitrogens with zero attached hydrogens (tertiary/aromatic N) is 5. The van der Waals surface area contributed by atoms with Crippen LogP contribution in [0.4, 0.5) is 21.0 Å². The lowest BCUT2D eigenvalue weighted by molar-refractivity contribution is 0.177. The van der Waals surface area contributed by atoms with Crippen LogP contribution < -0.4 is 10.2 Å². The minimum atomic E-state index is -0.428. The van der Waals surface area contributed by atoms with Crippen molar-refractivity contribution in [1.82, 2.24) is 20.1 Å². The zero-order valence-corrected chi connectivity index (χ0v) is 16.7. The van der Waals surface area contributed by atoms with E-state index in [-0.39, 0.29) is 23.6 Å². The number of cyclic esters (lactones) is 1. The smallest absolute Gasteiger partial charge is 0.415 e. The quantitative estimate of drug-likeness (QED) is 0.651. The van der Waals surface area contributed by atoms with Crippen LogP contribution in [0.1, 0.15) is 32.7 Å². The van der Waals surface area contributed by atoms with Crippen LogP contribution in [-0.4, -0.2) is 38.9 Å². The van der Waals surface area contributed by atoms with Crippen molar-refractivity contribution in [3.63, 3.8) is 0 Å². The predicted octanol–water partition coefficient (Wildman–Crippen LogP) is 3.82. The number of hydrogen-bond donors (Lipinski definition) is 1. The highest BCUT2D eigenvalue weighted by molar-refractivity contribution is 5.89. The SMILES string of the molecule is CC(C)[C@H]1COC(=O)N1c1ccnc(N[C@H](C)c2nc(-c3cccc(F)c3)no2)n1. The Hall–Kier alpha value is -3.56. The Labute approximate surface area is 172 Å². The first-order valence-electron chi connectivity index (χ1n) is 9.57. The molecule has 2 atom stereocenters. The van der Waals surface area contributed by atoms with Crippen molar-refractivity contribution >= 4 is 17.9 Å². The van der Waals surface area contributed by atoms with Gasteiger partial charge in [-0.3, -0.25) is 4.90 Å². The third kappa shape index (κ3) is 3.93. The average Bonchev–Trinajstić information content (AvgIpc) is 3.35. The predicted molar refractivity (Wildman–Crippen MR) is 106 cm³/mol. The van der Waals surface area contributed by atoms with Crippen LogP contribution in [0.25, 0.3) is 11.4 Å². The molecule has 3 heterocycles. The molecule has 1 amide bonds. The summed E-state index contributed by atoms with van der Waals surface area (Å²) >= 11 is 0. The molecule has 9 nitrogen and oxygen atoms in total. The first-order chi connectivity index (χ1) is 14.4. The van der Waals surface area contributed by atoms with Gasteiger partial charge in [-0.15, -0.1) is 0 Å². The van der Waals surface area contributed by atoms with Crippen molar-refractivity contribution < 1.29 is 18.4 Å². The summed E-state index contributed by atoms with van der Waals surface area (Å²) < 4.78 is 23.9. The molecule has 1 saturated heterocycles. The lowest BCUT2D eigenvalue weighted by atomic mass is 10.0. The van der Waals surface area contributed by atoms with Gasteiger partial charge in [-0.1, -0.05) is 31.1 Å². The zero-order chi connectivity index (χ0) is 21.3. The van der Waals surface area contributed by atoms with Gasteiger partial charge in [0, 0.05) is 11.8 Å². The summed E-state index contributed by atoms with van der Waals surface area (Å²) in [5, 5.41) is 6.99. The van der Waals surface area contributed by atoms with E-state index in [1.54, 1.807) is 31.3 Å². The molecule has 2 aromatic heterocycles. The monoisotopic (exact) mass is 412 g/mol. The van der Waals surface area contributed by atoms with Gasteiger partial charge in [0.05, 0.1) is 6.04 Å². The van der Waals surface area contributed by atoms with Crippen LogP contribution in [-0.2, 0) is 4.74 Å². The molecule has 4 rings (SSSR count). The number of anilines is 2. The number of aromatic nitrogens is 4. The van der Waals surface area contributed by atoms with Crippen LogP contribution in [0.15, 0.2) is 41.1 Å². The molecule has 1 aliphatic heterocycles. The summed E-state index contributed by atoms with van der Waals surface area (Å²) in [6.45, 7) is 6.17. The van der Waals surface area contributed by atoms with Crippen molar-refractivity contribution in [1.29, 1.82) is 0 Å². The van der Waals surface area contributed by atoms with Gasteiger partial charge in [0.25, 0.3) is 0 Å². The molecule has 30 heavy (non-hydrogen) atoms. The van der Waals surface area contributed by atoms with Crippen molar-refractivity contribution in [2.75, 3.05) is 16.8 Å². The minimum absolute atomic E-state index is 0.0950. The topological polar surface area (TPSA) is 106 Å². The van der Waals surface area contributed by atoms with Crippen LogP contribution in [0.3, 0.4) is 0 Å². The van der Waals surface area contributed by atoms with E-state index in [4.69, 9.17) is 9.26 Å². The van der Waals surface area contributed by atoms with Crippen molar-refractivity contribution in [3.05, 3.63) is 48.2 Å². The fourth-order valence-corrected chi connectivity index (χ4v) is 3.15. The second-order valence-corrected chi connectivity index (χ2v) is 7.33. The molecule has 156 valence electrons. The molecule has 1 aromatic carbocycles. The largest absolute Gasteiger partial charge is 0.447 e. The number of halogens is 1. The number of rotatable bonds is 6. The number of carbonyl (C=O) groups excluding carboxylic acids is 1. The molecule has 0 bridgehead atoms. The number of hydrogen-bond acceptors (Lipinski definition) is 8. The molecule has 1 fully saturated rings. The van der Waals surface area contributed by atoms with E-state index in [1.165, 1.54) is 17.0 Å². The lowest BCUT2D eigenvalue weighted by Crippen LogP contribution is -2.37. The minimum Gasteiger partial charge on any atom is -0.447 e. The molecule has 1 aliphatic rings. The molecular weight excluding hydrogens is 391 g/mol. The van der Waals surface area contributed by atoms with Gasteiger partial charge in [0.15, 0.2) is 0 Å². The van der Waals surface area contributed by atoms with Gasteiger partial charge in [0.1, 0.15) is 24.3 Å². The highest BCUT2D eigenvalue weighted by Crippen LogP contribution is 2.27. The fourth-order valence-electron chi connectivity index (χ4n) is 3.15. The number of amides is 1. The Morgan fingerprint density at radius 1 is 1.23 bits per heavy atom. The summed E-state index contributed by atoms with van der Waals surface area (Å²) in [5.41, 5.74) is 0.516. The molecule has 10 heteroatoms. The van der Waals surface area contributed by atoms with Gasteiger partial charge >= 0.3 is 6.09 Å². The maximum absolute atomic E-state index is 13.4. The fraction of sp³-hybridized carbons (Fsp3) is 0.350. The summed E-state index contributed by atoms with van der Waals surface area (Å²) in [6.07, 6.45) is 1.13. The van der Waals surface area contributed by atoms with Crippen molar-refractivity contribution in [2.24, 2.45) is 5.92 Å². The van der Waals surface area contributed by atoms with E-state index in [0.29, 0.717) is 29.8 Å². The van der Waals surface area contributed by atoms with Crippen LogP contribution >= 0.6 is 0 Å². The van der Waals surface area contributed by atoms with Gasteiger partial charge in [-0.25, -0.2) is 14.2 Å². The molecule has 0 saturated carbocycles. The second kappa shape index (κ2) is 8.05. The molecule has 0 unspecified atom stereocenters. The number of ether oxygens (including phenoxy) is 1. The molecule has 1 N–H and O–H groups in total. The van der Waals surface area contributed by atoms with Gasteiger partial charge in [0.2, 0.25) is 17.7 Å². The Kier molecular flexibility index (Phi) is 5.30. The first-order valence-corrected chi connectivity index (χ1v) is 9.57. The van der Waals surface area contributed by atoms with Gasteiger partial charge in [-0.2, -0.15) is 9.97 Å². The summed E-state index contributed by atoms with van der Waals surface area (Å²) in [4.78, 5) is 26.7. The third-order valence-electron chi connectivity index (χ3n) is 4.80. The van der Waals surface area contributed by atoms with E-state index in [1.807, 2.05) is 13.8 Å². The van der Waals surface area contributed by atoms with E-state index >= 15 is 0 Å². The number of carbonyl (C=O) groups is 1. The van der Waals surface area contributed by atoms with Crippen molar-refractivity contribution in [2.45, 2.75) is 32.9 Å². The maximum Gasteiger partial charge on any atom is 0.415 e. The maximum atomic E-state index is 13.4. The zero-order valence-electron chi connectivity index (χ0n) is 16.7. The summed E-state index contributed by atoms with van der Waals surface area (Å²) in [7, 11) is 0. The molecular formula is C20H21FN6O3. The molecule has 0 aliphatic carbocycles. The first kappa shape index (κ1) is 19.7. The Balaban J connectivity index is 1.51. The standard InChI is InChI=1S/C20H21FN6O3/c1-11(2)15-10-29-20(28)27(15)16-7-8-22-19(24-16)23-12(3)18-25-17(26-30-18)13-5-4-6-14(21)9-13/h4-9,11-12,15H,10H2,1-3H3,(H,22,23,24)/t12-,15-/m1/s1. The molecule has 0 radical (unpaired) electrons. The molecule has 0 spiro atoms. The molecule has 3 aromatic rings. The number of nitrogens with one attached hydrogen (secondary N) is 1. The van der Waals surface area contributed by atoms with Gasteiger partial charge < -0.3 is 14.6 Å². The highest BCUT2D eigenvalue weighted by atomic mass is 19.1. The van der Waals surface area contributed by atoms with E-state index in [2.05, 4.69) is 25.4 Å². The number of benzene rings is 1. The van der Waals surface area contributed by atoms with Crippen molar-refractivity contribution in [3.8, 4) is 11.4 Å². The lowest BCUT2D eigenvalue weighted by Gasteiger charge is -2.23. The van der Waals surface area contributed by atoms with E-state index < -0.39 is 12.1 Å². The Bertz CT molecular complexity index is 1060. The van der Waals surface area contributed by atoms with Crippen LogP contribution in [0, 0.1) is 11.7 Å². The van der Waals surface area contributed by atoms with E-state index in [9.17, 15) is 9.18 Å². The highest BCUT2D eigenvalue weighted by Gasteiger charge is 2.37. The third-order valence-corrected chi connectivity index (χ3v) is 4.80. The Morgan fingerprint density at radius 3 is 2.83 bits per heavy atom. The van der Waals surface area contributed by atoms with Crippen LogP contribution in [0.5, 0.6) is 0 Å². The summed E-state index contributed by atoms with van der Waals surface area (Å²) in [6, 6.07) is 7.10. The Morgan fingerprint density at radius 2 is 2.07 bits per heavy atom. The summed E-state index contributed by atoms with van der Waals surface area (Å²) in [5.74, 6) is 1.16. The van der Waals surface area contributed by atoms with Crippen LogP contribution in [0.2, 0.25) is 0 Å². The second-order valence-electron chi connectivity index (χ2n) is 7.33. The van der Waals surface area contributed by atoms with Gasteiger partial charge in [-0.05, 0) is 31.0 Å². The van der Waals surface area contributed by atoms with E-state index in [0.717, 1.165) is 0 Å².